The molecule has 1 aliphatic carbocycles. The van der Waals surface area contributed by atoms with Crippen molar-refractivity contribution in [3.63, 3.8) is 0 Å². The molecule has 15 heteroatoms. The number of hydrogen-bond donors (Lipinski definition) is 4. The van der Waals surface area contributed by atoms with Crippen LogP contribution < -0.4 is 25.0 Å². The van der Waals surface area contributed by atoms with Crippen LogP contribution in [0.3, 0.4) is 0 Å². The minimum absolute atomic E-state index is 0.0457. The molecule has 2 aliphatic rings. The summed E-state index contributed by atoms with van der Waals surface area (Å²) in [5, 5.41) is 6.01. The Morgan fingerprint density at radius 3 is 2.43 bits per heavy atom. The summed E-state index contributed by atoms with van der Waals surface area (Å²) in [6.07, 6.45) is 3.88. The van der Waals surface area contributed by atoms with Gasteiger partial charge in [0.05, 0.1) is 38.2 Å². The lowest BCUT2D eigenvalue weighted by atomic mass is 10.2. The Hall–Kier alpha value is -3.14. The van der Waals surface area contributed by atoms with Crippen LogP contribution in [0.2, 0.25) is 0 Å². The molecule has 1 aliphatic heterocycles. The number of sulfonamides is 2. The summed E-state index contributed by atoms with van der Waals surface area (Å²) in [5.41, 5.74) is 2.87. The van der Waals surface area contributed by atoms with Gasteiger partial charge in [0.1, 0.15) is 5.82 Å². The standard InChI is InChI=1S/C27H35BrN8O4S2/c1-3-41(37,38)33-24-17-19(9-12-25(24)36-14-6-13-35(2)15-16-36)30-27-29-18-21(28)26(32-27)31-22-7-4-5-8-23(22)34-42(39,40)20-10-11-20/h4-5,7-9,12,17-18,20,33-34H,3,6,10-11,13-16H2,1-2H3,(H2,29,30,31,32). The van der Waals surface area contributed by atoms with Crippen LogP contribution in [0.25, 0.3) is 0 Å². The number of halogens is 1. The molecule has 0 radical (unpaired) electrons. The van der Waals surface area contributed by atoms with Crippen LogP contribution in [0.4, 0.5) is 40.2 Å². The molecular formula is C27H35BrN8O4S2. The van der Waals surface area contributed by atoms with Gasteiger partial charge in [-0.2, -0.15) is 4.98 Å². The summed E-state index contributed by atoms with van der Waals surface area (Å²) in [6.45, 7) is 5.08. The number of para-hydroxylation sites is 2. The monoisotopic (exact) mass is 678 g/mol. The van der Waals surface area contributed by atoms with Gasteiger partial charge in [0, 0.05) is 31.5 Å². The van der Waals surface area contributed by atoms with Gasteiger partial charge in [0.15, 0.2) is 0 Å². The van der Waals surface area contributed by atoms with Gasteiger partial charge in [-0.1, -0.05) is 12.1 Å². The Kier molecular flexibility index (Phi) is 9.11. The summed E-state index contributed by atoms with van der Waals surface area (Å²) < 4.78 is 56.2. The van der Waals surface area contributed by atoms with Crippen molar-refractivity contribution in [3.8, 4) is 0 Å². The average Bonchev–Trinajstić information content (AvgIpc) is 3.81. The van der Waals surface area contributed by atoms with Gasteiger partial charge in [-0.3, -0.25) is 9.44 Å². The molecule has 1 saturated heterocycles. The number of likely N-dealkylation sites (N-methyl/N-ethyl adjacent to an activating group) is 1. The van der Waals surface area contributed by atoms with Gasteiger partial charge in [-0.05, 0) is 86.0 Å². The lowest BCUT2D eigenvalue weighted by Gasteiger charge is -2.26. The molecule has 4 N–H and O–H groups in total. The zero-order valence-electron chi connectivity index (χ0n) is 23.5. The molecule has 0 atom stereocenters. The maximum absolute atomic E-state index is 12.6. The highest BCUT2D eigenvalue weighted by Crippen LogP contribution is 2.35. The molecule has 2 heterocycles. The molecule has 1 saturated carbocycles. The van der Waals surface area contributed by atoms with E-state index in [-0.39, 0.29) is 17.0 Å². The Balaban J connectivity index is 1.39. The number of hydrogen-bond acceptors (Lipinski definition) is 10. The Labute approximate surface area is 255 Å². The maximum Gasteiger partial charge on any atom is 0.235 e. The molecule has 0 amide bonds. The zero-order chi connectivity index (χ0) is 29.9. The van der Waals surface area contributed by atoms with Gasteiger partial charge in [0.2, 0.25) is 26.0 Å². The van der Waals surface area contributed by atoms with Gasteiger partial charge >= 0.3 is 0 Å². The molecule has 226 valence electrons. The second kappa shape index (κ2) is 12.6. The van der Waals surface area contributed by atoms with E-state index < -0.39 is 20.0 Å². The number of aromatic nitrogens is 2. The lowest BCUT2D eigenvalue weighted by molar-refractivity contribution is 0.360. The lowest BCUT2D eigenvalue weighted by Crippen LogP contribution is -2.29. The number of benzene rings is 2. The predicted octanol–water partition coefficient (Wildman–Crippen LogP) is 4.53. The predicted molar refractivity (Wildman–Crippen MR) is 172 cm³/mol. The average molecular weight is 680 g/mol. The zero-order valence-corrected chi connectivity index (χ0v) is 26.7. The number of rotatable bonds is 11. The first kappa shape index (κ1) is 30.3. The van der Waals surface area contributed by atoms with Crippen LogP contribution in [0.15, 0.2) is 53.1 Å². The van der Waals surface area contributed by atoms with Crippen molar-refractivity contribution in [2.24, 2.45) is 0 Å². The van der Waals surface area contributed by atoms with Gasteiger partial charge < -0.3 is 20.4 Å². The van der Waals surface area contributed by atoms with Gasteiger partial charge in [0.25, 0.3) is 0 Å². The third kappa shape index (κ3) is 7.62. The second-order valence-corrected chi connectivity index (χ2v) is 15.2. The van der Waals surface area contributed by atoms with Crippen LogP contribution in [0, 0.1) is 0 Å². The molecule has 0 unspecified atom stereocenters. The molecule has 5 rings (SSSR count). The van der Waals surface area contributed by atoms with Gasteiger partial charge in [-0.15, -0.1) is 0 Å². The molecule has 1 aromatic heterocycles. The molecule has 0 bridgehead atoms. The topological polar surface area (TPSA) is 149 Å². The number of anilines is 7. The molecule has 2 aromatic carbocycles. The van der Waals surface area contributed by atoms with Crippen LogP contribution in [0.5, 0.6) is 0 Å². The molecule has 0 spiro atoms. The van der Waals surface area contributed by atoms with Crippen LogP contribution in [-0.4, -0.2) is 75.9 Å². The molecule has 12 nitrogen and oxygen atoms in total. The van der Waals surface area contributed by atoms with E-state index in [0.717, 1.165) is 38.3 Å². The highest BCUT2D eigenvalue weighted by Gasteiger charge is 2.36. The minimum Gasteiger partial charge on any atom is -0.369 e. The van der Waals surface area contributed by atoms with Crippen molar-refractivity contribution in [2.45, 2.75) is 31.4 Å². The molecule has 42 heavy (non-hydrogen) atoms. The summed E-state index contributed by atoms with van der Waals surface area (Å²) in [7, 11) is -4.88. The largest absolute Gasteiger partial charge is 0.369 e. The molecular weight excluding hydrogens is 644 g/mol. The first-order valence-electron chi connectivity index (χ1n) is 13.8. The second-order valence-electron chi connectivity index (χ2n) is 10.4. The third-order valence-electron chi connectivity index (χ3n) is 7.10. The highest BCUT2D eigenvalue weighted by atomic mass is 79.9. The quantitative estimate of drug-likeness (QED) is 0.228. The maximum atomic E-state index is 12.6. The van der Waals surface area contributed by atoms with Crippen molar-refractivity contribution in [1.29, 1.82) is 0 Å². The van der Waals surface area contributed by atoms with E-state index in [0.29, 0.717) is 45.9 Å². The van der Waals surface area contributed by atoms with Crippen LogP contribution >= 0.6 is 15.9 Å². The summed E-state index contributed by atoms with van der Waals surface area (Å²) >= 11 is 3.47. The smallest absolute Gasteiger partial charge is 0.235 e. The van der Waals surface area contributed by atoms with Crippen molar-refractivity contribution in [2.75, 3.05) is 64.0 Å². The summed E-state index contributed by atoms with van der Waals surface area (Å²) in [4.78, 5) is 13.4. The number of nitrogens with zero attached hydrogens (tertiary/aromatic N) is 4. The Morgan fingerprint density at radius 2 is 1.69 bits per heavy atom. The third-order valence-corrected chi connectivity index (χ3v) is 10.8. The van der Waals surface area contributed by atoms with Gasteiger partial charge in [-0.25, -0.2) is 21.8 Å². The van der Waals surface area contributed by atoms with E-state index in [2.05, 4.69) is 62.8 Å². The fraction of sp³-hybridized carbons (Fsp3) is 0.407. The Morgan fingerprint density at radius 1 is 0.929 bits per heavy atom. The van der Waals surface area contributed by atoms with E-state index in [9.17, 15) is 16.8 Å². The first-order chi connectivity index (χ1) is 20.0. The van der Waals surface area contributed by atoms with Crippen molar-refractivity contribution in [3.05, 3.63) is 53.1 Å². The Bertz CT molecular complexity index is 1650. The fourth-order valence-electron chi connectivity index (χ4n) is 4.57. The SMILES string of the molecule is CCS(=O)(=O)Nc1cc(Nc2ncc(Br)c(Nc3ccccc3NS(=O)(=O)C3CC3)n2)ccc1N1CCCN(C)CC1. The fourth-order valence-corrected chi connectivity index (χ4v) is 6.91. The van der Waals surface area contributed by atoms with E-state index in [1.54, 1.807) is 43.5 Å². The minimum atomic E-state index is -3.52. The first-order valence-corrected chi connectivity index (χ1v) is 17.8. The summed E-state index contributed by atoms with van der Waals surface area (Å²) in [5.74, 6) is 0.642. The van der Waals surface area contributed by atoms with E-state index in [4.69, 9.17) is 0 Å². The number of nitrogens with one attached hydrogen (secondary N) is 4. The van der Waals surface area contributed by atoms with Crippen molar-refractivity contribution >= 4 is 76.2 Å². The highest BCUT2D eigenvalue weighted by molar-refractivity contribution is 9.10. The molecule has 3 aromatic rings. The molecule has 2 fully saturated rings. The normalized spacial score (nSPS) is 16.5. The van der Waals surface area contributed by atoms with E-state index >= 15 is 0 Å². The van der Waals surface area contributed by atoms with E-state index in [1.165, 1.54) is 0 Å². The van der Waals surface area contributed by atoms with Crippen molar-refractivity contribution in [1.82, 2.24) is 14.9 Å². The van der Waals surface area contributed by atoms with Crippen LogP contribution in [0.1, 0.15) is 26.2 Å². The summed E-state index contributed by atoms with van der Waals surface area (Å²) in [6, 6.07) is 12.5. The van der Waals surface area contributed by atoms with Crippen LogP contribution in [-0.2, 0) is 20.0 Å². The van der Waals surface area contributed by atoms with E-state index in [1.807, 2.05) is 12.1 Å². The van der Waals surface area contributed by atoms with Crippen molar-refractivity contribution < 1.29 is 16.8 Å².